The standard InChI is InChI=1S/C8H12N2OS/c1-3-8(10-5-12)7(4-11)6(2)9/h4,8-9,11H,3H2,1-2H3/b7-4+,9-6?/t8-/m0/s1. The zero-order valence-corrected chi connectivity index (χ0v) is 7.98. The van der Waals surface area contributed by atoms with Crippen molar-refractivity contribution in [3.05, 3.63) is 11.8 Å². The first-order chi connectivity index (χ1) is 5.67. The molecular weight excluding hydrogens is 172 g/mol. The van der Waals surface area contributed by atoms with Gasteiger partial charge in [-0.3, -0.25) is 0 Å². The predicted octanol–water partition coefficient (Wildman–Crippen LogP) is 2.35. The summed E-state index contributed by atoms with van der Waals surface area (Å²) in [4.78, 5) is 3.83. The van der Waals surface area contributed by atoms with Crippen LogP contribution in [0.3, 0.4) is 0 Å². The lowest BCUT2D eigenvalue weighted by molar-refractivity contribution is 0.464. The normalized spacial score (nSPS) is 13.3. The van der Waals surface area contributed by atoms with Crippen molar-refractivity contribution in [3.63, 3.8) is 0 Å². The molecule has 0 aliphatic heterocycles. The number of aliphatic hydroxyl groups is 1. The van der Waals surface area contributed by atoms with E-state index in [0.717, 1.165) is 6.26 Å². The molecule has 0 unspecified atom stereocenters. The molecule has 4 heteroatoms. The molecule has 0 radical (unpaired) electrons. The number of aliphatic imine (C=N–C) groups is 1. The van der Waals surface area contributed by atoms with E-state index < -0.39 is 0 Å². The van der Waals surface area contributed by atoms with Crippen molar-refractivity contribution < 1.29 is 5.11 Å². The molecule has 0 aromatic heterocycles. The van der Waals surface area contributed by atoms with Gasteiger partial charge in [0.2, 0.25) is 0 Å². The smallest absolute Gasteiger partial charge is 0.0896 e. The summed E-state index contributed by atoms with van der Waals surface area (Å²) in [6, 6.07) is -0.231. The Bertz CT molecular complexity index is 241. The molecule has 0 aliphatic carbocycles. The highest BCUT2D eigenvalue weighted by molar-refractivity contribution is 7.78. The number of nitrogens with one attached hydrogen (secondary N) is 1. The summed E-state index contributed by atoms with van der Waals surface area (Å²) >= 11 is 4.45. The van der Waals surface area contributed by atoms with Crippen molar-refractivity contribution in [2.45, 2.75) is 26.3 Å². The van der Waals surface area contributed by atoms with Crippen LogP contribution in [-0.4, -0.2) is 22.0 Å². The highest BCUT2D eigenvalue weighted by Gasteiger charge is 2.12. The second kappa shape index (κ2) is 5.63. The average Bonchev–Trinajstić information content (AvgIpc) is 2.03. The zero-order chi connectivity index (χ0) is 9.56. The van der Waals surface area contributed by atoms with Crippen molar-refractivity contribution in [1.82, 2.24) is 0 Å². The van der Waals surface area contributed by atoms with E-state index in [9.17, 15) is 0 Å². The van der Waals surface area contributed by atoms with Gasteiger partial charge < -0.3 is 10.5 Å². The quantitative estimate of drug-likeness (QED) is 0.400. The van der Waals surface area contributed by atoms with Gasteiger partial charge in [0.1, 0.15) is 0 Å². The molecule has 0 bridgehead atoms. The number of isothiocyanates is 1. The Hall–Kier alpha value is -0.990. The van der Waals surface area contributed by atoms with Gasteiger partial charge in [0, 0.05) is 11.3 Å². The first-order valence-electron chi connectivity index (χ1n) is 3.64. The Kier molecular flexibility index (Phi) is 5.17. The van der Waals surface area contributed by atoms with Gasteiger partial charge in [-0.1, -0.05) is 6.92 Å². The molecule has 1 atom stereocenters. The van der Waals surface area contributed by atoms with Gasteiger partial charge in [0.15, 0.2) is 0 Å². The van der Waals surface area contributed by atoms with E-state index in [0.29, 0.717) is 17.7 Å². The summed E-state index contributed by atoms with van der Waals surface area (Å²) in [5.41, 5.74) is 0.799. The van der Waals surface area contributed by atoms with E-state index in [4.69, 9.17) is 10.5 Å². The summed E-state index contributed by atoms with van der Waals surface area (Å²) in [6.45, 7) is 3.51. The van der Waals surface area contributed by atoms with Gasteiger partial charge in [-0.05, 0) is 25.6 Å². The maximum Gasteiger partial charge on any atom is 0.0896 e. The molecule has 0 rings (SSSR count). The number of rotatable bonds is 4. The molecular formula is C8H12N2OS. The summed E-state index contributed by atoms with van der Waals surface area (Å²) in [7, 11) is 0. The summed E-state index contributed by atoms with van der Waals surface area (Å²) in [5.74, 6) is 0. The Balaban J connectivity index is 4.68. The van der Waals surface area contributed by atoms with Crippen LogP contribution in [0.2, 0.25) is 0 Å². The van der Waals surface area contributed by atoms with Crippen molar-refractivity contribution >= 4 is 23.1 Å². The maximum atomic E-state index is 8.80. The SMILES string of the molecule is CC[C@H](N=C=S)/C(=C/O)C(C)=N. The molecule has 0 aliphatic rings. The molecule has 12 heavy (non-hydrogen) atoms. The lowest BCUT2D eigenvalue weighted by atomic mass is 10.0. The second-order valence-corrected chi connectivity index (χ2v) is 2.54. The van der Waals surface area contributed by atoms with Crippen LogP contribution in [0.5, 0.6) is 0 Å². The van der Waals surface area contributed by atoms with Crippen LogP contribution in [-0.2, 0) is 0 Å². The Labute approximate surface area is 77.3 Å². The molecule has 0 aromatic rings. The molecule has 0 aromatic carbocycles. The van der Waals surface area contributed by atoms with Gasteiger partial charge in [-0.15, -0.1) is 0 Å². The first kappa shape index (κ1) is 11.0. The summed E-state index contributed by atoms with van der Waals surface area (Å²) < 4.78 is 0. The zero-order valence-electron chi connectivity index (χ0n) is 7.16. The van der Waals surface area contributed by atoms with Crippen LogP contribution in [0.4, 0.5) is 0 Å². The number of hydrogen-bond donors (Lipinski definition) is 2. The number of hydrogen-bond acceptors (Lipinski definition) is 4. The second-order valence-electron chi connectivity index (χ2n) is 2.35. The third-order valence-corrected chi connectivity index (χ3v) is 1.63. The lowest BCUT2D eigenvalue weighted by Crippen LogP contribution is -2.12. The minimum atomic E-state index is -0.231. The maximum absolute atomic E-state index is 8.80. The molecule has 0 amide bonds. The fraction of sp³-hybridized carbons (Fsp3) is 0.500. The topological polar surface area (TPSA) is 56.4 Å². The molecule has 0 saturated heterocycles. The first-order valence-corrected chi connectivity index (χ1v) is 4.05. The molecule has 2 N–H and O–H groups in total. The third kappa shape index (κ3) is 2.95. The van der Waals surface area contributed by atoms with Crippen LogP contribution in [0, 0.1) is 5.41 Å². The van der Waals surface area contributed by atoms with E-state index in [2.05, 4.69) is 22.4 Å². The Morgan fingerprint density at radius 3 is 2.67 bits per heavy atom. The molecule has 0 spiro atoms. The average molecular weight is 184 g/mol. The van der Waals surface area contributed by atoms with Gasteiger partial charge in [-0.2, -0.15) is 0 Å². The van der Waals surface area contributed by atoms with Crippen LogP contribution >= 0.6 is 12.2 Å². The molecule has 66 valence electrons. The fourth-order valence-corrected chi connectivity index (χ4v) is 1.00. The summed E-state index contributed by atoms with van der Waals surface area (Å²) in [5, 5.41) is 18.4. The van der Waals surface area contributed by atoms with Crippen molar-refractivity contribution in [2.24, 2.45) is 4.99 Å². The third-order valence-electron chi connectivity index (χ3n) is 1.53. The monoisotopic (exact) mass is 184 g/mol. The number of aliphatic hydroxyl groups excluding tert-OH is 1. The summed E-state index contributed by atoms with van der Waals surface area (Å²) in [6.07, 6.45) is 1.61. The van der Waals surface area contributed by atoms with Gasteiger partial charge >= 0.3 is 0 Å². The van der Waals surface area contributed by atoms with Crippen molar-refractivity contribution in [2.75, 3.05) is 0 Å². The fourth-order valence-electron chi connectivity index (χ4n) is 0.877. The largest absolute Gasteiger partial charge is 0.515 e. The minimum absolute atomic E-state index is 0.231. The molecule has 0 fully saturated rings. The lowest BCUT2D eigenvalue weighted by Gasteiger charge is -2.09. The predicted molar refractivity (Wildman–Crippen MR) is 53.2 cm³/mol. The Morgan fingerprint density at radius 1 is 1.83 bits per heavy atom. The Morgan fingerprint density at radius 2 is 2.42 bits per heavy atom. The van der Waals surface area contributed by atoms with E-state index in [1.807, 2.05) is 6.92 Å². The van der Waals surface area contributed by atoms with E-state index >= 15 is 0 Å². The van der Waals surface area contributed by atoms with Crippen molar-refractivity contribution in [1.29, 1.82) is 5.41 Å². The highest BCUT2D eigenvalue weighted by Crippen LogP contribution is 2.10. The van der Waals surface area contributed by atoms with Crippen LogP contribution in [0.15, 0.2) is 16.8 Å². The number of nitrogens with zero attached hydrogens (tertiary/aromatic N) is 1. The molecule has 0 saturated carbocycles. The van der Waals surface area contributed by atoms with Crippen LogP contribution in [0.25, 0.3) is 0 Å². The van der Waals surface area contributed by atoms with Crippen molar-refractivity contribution in [3.8, 4) is 0 Å². The van der Waals surface area contributed by atoms with Gasteiger partial charge in [0.25, 0.3) is 0 Å². The van der Waals surface area contributed by atoms with Crippen LogP contribution < -0.4 is 0 Å². The highest BCUT2D eigenvalue weighted by atomic mass is 32.1. The van der Waals surface area contributed by atoms with Gasteiger partial charge in [-0.25, -0.2) is 4.99 Å². The van der Waals surface area contributed by atoms with E-state index in [1.165, 1.54) is 0 Å². The van der Waals surface area contributed by atoms with E-state index in [1.54, 1.807) is 6.92 Å². The molecule has 3 nitrogen and oxygen atoms in total. The van der Waals surface area contributed by atoms with Gasteiger partial charge in [0.05, 0.1) is 17.5 Å². The minimum Gasteiger partial charge on any atom is -0.515 e. The molecule has 0 heterocycles. The van der Waals surface area contributed by atoms with E-state index in [-0.39, 0.29) is 6.04 Å². The number of thiocarbonyl (C=S) groups is 1. The van der Waals surface area contributed by atoms with Crippen LogP contribution in [0.1, 0.15) is 20.3 Å².